The summed E-state index contributed by atoms with van der Waals surface area (Å²) in [6.45, 7) is 5.07. The zero-order valence-corrected chi connectivity index (χ0v) is 15.6. The molecule has 0 saturated carbocycles. The van der Waals surface area contributed by atoms with Crippen LogP contribution in [0.1, 0.15) is 17.2 Å². The summed E-state index contributed by atoms with van der Waals surface area (Å²) in [6, 6.07) is 13.9. The maximum Gasteiger partial charge on any atom is 0.293 e. The SMILES string of the molecule is Cc1ccc(NC(=O)[C@@H](c2ccccc2)N2CCN(C)CC2)c([N+](=O)[O-])c1. The minimum atomic E-state index is -0.485. The fraction of sp³-hybridized carbons (Fsp3) is 0.350. The zero-order chi connectivity index (χ0) is 19.4. The second-order valence-electron chi connectivity index (χ2n) is 6.92. The number of hydrogen-bond donors (Lipinski definition) is 1. The molecule has 1 aliphatic rings. The Balaban J connectivity index is 1.89. The Morgan fingerprint density at radius 3 is 2.41 bits per heavy atom. The van der Waals surface area contributed by atoms with Crippen LogP contribution in [0.4, 0.5) is 11.4 Å². The first-order chi connectivity index (χ1) is 13.0. The average Bonchev–Trinajstić information content (AvgIpc) is 2.66. The van der Waals surface area contributed by atoms with Gasteiger partial charge in [-0.05, 0) is 31.2 Å². The molecule has 7 heteroatoms. The van der Waals surface area contributed by atoms with Gasteiger partial charge >= 0.3 is 0 Å². The fourth-order valence-corrected chi connectivity index (χ4v) is 3.34. The Bertz CT molecular complexity index is 817. The second-order valence-corrected chi connectivity index (χ2v) is 6.92. The Hall–Kier alpha value is -2.77. The van der Waals surface area contributed by atoms with E-state index in [1.165, 1.54) is 6.07 Å². The third-order valence-corrected chi connectivity index (χ3v) is 4.87. The van der Waals surface area contributed by atoms with E-state index in [0.29, 0.717) is 0 Å². The monoisotopic (exact) mass is 368 g/mol. The van der Waals surface area contributed by atoms with Gasteiger partial charge in [0.1, 0.15) is 11.7 Å². The van der Waals surface area contributed by atoms with E-state index < -0.39 is 11.0 Å². The van der Waals surface area contributed by atoms with Crippen LogP contribution in [-0.4, -0.2) is 53.9 Å². The highest BCUT2D eigenvalue weighted by atomic mass is 16.6. The molecule has 1 fully saturated rings. The summed E-state index contributed by atoms with van der Waals surface area (Å²) in [4.78, 5) is 28.4. The number of aryl methyl sites for hydroxylation is 1. The van der Waals surface area contributed by atoms with Crippen LogP contribution in [0.15, 0.2) is 48.5 Å². The van der Waals surface area contributed by atoms with Gasteiger partial charge in [-0.15, -0.1) is 0 Å². The normalized spacial score (nSPS) is 16.7. The van der Waals surface area contributed by atoms with Crippen molar-refractivity contribution in [3.63, 3.8) is 0 Å². The van der Waals surface area contributed by atoms with Crippen LogP contribution in [0.2, 0.25) is 0 Å². The van der Waals surface area contributed by atoms with Crippen LogP contribution >= 0.6 is 0 Å². The lowest BCUT2D eigenvalue weighted by molar-refractivity contribution is -0.384. The molecule has 0 aromatic heterocycles. The summed E-state index contributed by atoms with van der Waals surface area (Å²) >= 11 is 0. The number of rotatable bonds is 5. The van der Waals surface area contributed by atoms with E-state index in [-0.39, 0.29) is 17.3 Å². The van der Waals surface area contributed by atoms with Gasteiger partial charge in [0, 0.05) is 32.2 Å². The summed E-state index contributed by atoms with van der Waals surface area (Å²) in [5.41, 5.74) is 1.80. The van der Waals surface area contributed by atoms with Crippen LogP contribution in [0.5, 0.6) is 0 Å². The molecule has 2 aromatic rings. The van der Waals surface area contributed by atoms with E-state index in [1.54, 1.807) is 19.1 Å². The van der Waals surface area contributed by atoms with Crippen LogP contribution in [-0.2, 0) is 4.79 Å². The third-order valence-electron chi connectivity index (χ3n) is 4.87. The number of carbonyl (C=O) groups is 1. The number of piperazine rings is 1. The van der Waals surface area contributed by atoms with E-state index in [1.807, 2.05) is 30.3 Å². The van der Waals surface area contributed by atoms with Crippen molar-refractivity contribution >= 4 is 17.3 Å². The summed E-state index contributed by atoms with van der Waals surface area (Å²) in [6.07, 6.45) is 0. The zero-order valence-electron chi connectivity index (χ0n) is 15.6. The van der Waals surface area contributed by atoms with Gasteiger partial charge in [-0.25, -0.2) is 0 Å². The van der Waals surface area contributed by atoms with Crippen LogP contribution in [0.25, 0.3) is 0 Å². The van der Waals surface area contributed by atoms with Crippen molar-refractivity contribution in [1.29, 1.82) is 0 Å². The summed E-state index contributed by atoms with van der Waals surface area (Å²) < 4.78 is 0. The molecule has 1 atom stereocenters. The van der Waals surface area contributed by atoms with Gasteiger partial charge in [0.25, 0.3) is 5.69 Å². The van der Waals surface area contributed by atoms with Crippen molar-refractivity contribution in [2.75, 3.05) is 38.5 Å². The molecule has 7 nitrogen and oxygen atoms in total. The number of carbonyl (C=O) groups excluding carboxylic acids is 1. The largest absolute Gasteiger partial charge is 0.319 e. The molecular formula is C20H24N4O3. The van der Waals surface area contributed by atoms with Crippen molar-refractivity contribution in [3.8, 4) is 0 Å². The van der Waals surface area contributed by atoms with Gasteiger partial charge in [0.15, 0.2) is 0 Å². The maximum absolute atomic E-state index is 13.2. The number of hydrogen-bond acceptors (Lipinski definition) is 5. The standard InChI is InChI=1S/C20H24N4O3/c1-15-8-9-17(18(14-15)24(26)27)21-20(25)19(16-6-4-3-5-7-16)23-12-10-22(2)11-13-23/h3-9,14,19H,10-13H2,1-2H3,(H,21,25)/t19-/m1/s1. The van der Waals surface area contributed by atoms with Crippen molar-refractivity contribution in [3.05, 3.63) is 69.8 Å². The molecular weight excluding hydrogens is 344 g/mol. The van der Waals surface area contributed by atoms with Gasteiger partial charge < -0.3 is 10.2 Å². The Morgan fingerprint density at radius 1 is 1.11 bits per heavy atom. The quantitative estimate of drug-likeness (QED) is 0.648. The smallest absolute Gasteiger partial charge is 0.293 e. The first-order valence-electron chi connectivity index (χ1n) is 8.99. The number of nitrogens with zero attached hydrogens (tertiary/aromatic N) is 3. The Labute approximate surface area is 158 Å². The van der Waals surface area contributed by atoms with Crippen LogP contribution < -0.4 is 5.32 Å². The average molecular weight is 368 g/mol. The van der Waals surface area contributed by atoms with Gasteiger partial charge in [-0.1, -0.05) is 36.4 Å². The number of likely N-dealkylation sites (N-methyl/N-ethyl adjacent to an activating group) is 1. The van der Waals surface area contributed by atoms with Gasteiger partial charge in [0.2, 0.25) is 5.91 Å². The number of nitrogens with one attached hydrogen (secondary N) is 1. The summed E-state index contributed by atoms with van der Waals surface area (Å²) in [5, 5.41) is 14.2. The van der Waals surface area contributed by atoms with E-state index in [9.17, 15) is 14.9 Å². The molecule has 1 heterocycles. The van der Waals surface area contributed by atoms with Gasteiger partial charge in [0.05, 0.1) is 4.92 Å². The van der Waals surface area contributed by atoms with Gasteiger partial charge in [-0.3, -0.25) is 19.8 Å². The lowest BCUT2D eigenvalue weighted by Crippen LogP contribution is -2.48. The topological polar surface area (TPSA) is 78.7 Å². The third kappa shape index (κ3) is 4.50. The molecule has 0 unspecified atom stereocenters. The minimum absolute atomic E-state index is 0.0893. The number of nitro benzene ring substituents is 1. The van der Waals surface area contributed by atoms with Crippen molar-refractivity contribution in [2.45, 2.75) is 13.0 Å². The number of amides is 1. The highest BCUT2D eigenvalue weighted by Crippen LogP contribution is 2.29. The predicted molar refractivity (Wildman–Crippen MR) is 105 cm³/mol. The number of benzene rings is 2. The van der Waals surface area contributed by atoms with E-state index in [2.05, 4.69) is 22.2 Å². The lowest BCUT2D eigenvalue weighted by Gasteiger charge is -2.37. The Morgan fingerprint density at radius 2 is 1.78 bits per heavy atom. The molecule has 1 amide bonds. The van der Waals surface area contributed by atoms with Gasteiger partial charge in [-0.2, -0.15) is 0 Å². The van der Waals surface area contributed by atoms with E-state index >= 15 is 0 Å². The molecule has 2 aromatic carbocycles. The Kier molecular flexibility index (Phi) is 5.83. The fourth-order valence-electron chi connectivity index (χ4n) is 3.34. The van der Waals surface area contributed by atoms with Crippen molar-refractivity contribution in [2.24, 2.45) is 0 Å². The lowest BCUT2D eigenvalue weighted by atomic mass is 10.0. The molecule has 0 spiro atoms. The number of anilines is 1. The molecule has 3 rings (SSSR count). The van der Waals surface area contributed by atoms with Crippen molar-refractivity contribution in [1.82, 2.24) is 9.80 Å². The molecule has 1 aliphatic heterocycles. The van der Waals surface area contributed by atoms with Crippen molar-refractivity contribution < 1.29 is 9.72 Å². The molecule has 142 valence electrons. The summed E-state index contributed by atoms with van der Waals surface area (Å²) in [7, 11) is 2.06. The first-order valence-corrected chi connectivity index (χ1v) is 8.99. The highest BCUT2D eigenvalue weighted by Gasteiger charge is 2.31. The molecule has 0 aliphatic carbocycles. The van der Waals surface area contributed by atoms with Crippen LogP contribution in [0, 0.1) is 17.0 Å². The summed E-state index contributed by atoms with van der Waals surface area (Å²) in [5.74, 6) is -0.252. The molecule has 27 heavy (non-hydrogen) atoms. The first kappa shape index (κ1) is 19.0. The van der Waals surface area contributed by atoms with Crippen LogP contribution in [0.3, 0.4) is 0 Å². The minimum Gasteiger partial charge on any atom is -0.319 e. The molecule has 0 bridgehead atoms. The molecule has 0 radical (unpaired) electrons. The second kappa shape index (κ2) is 8.28. The number of nitro groups is 1. The molecule has 1 saturated heterocycles. The predicted octanol–water partition coefficient (Wildman–Crippen LogP) is 2.83. The van der Waals surface area contributed by atoms with E-state index in [4.69, 9.17) is 0 Å². The molecule has 1 N–H and O–H groups in total. The van der Waals surface area contributed by atoms with E-state index in [0.717, 1.165) is 37.3 Å². The highest BCUT2D eigenvalue weighted by molar-refractivity contribution is 5.97. The maximum atomic E-state index is 13.2.